The van der Waals surface area contributed by atoms with E-state index < -0.39 is 0 Å². The van der Waals surface area contributed by atoms with Crippen molar-refractivity contribution in [2.75, 3.05) is 12.5 Å². The highest BCUT2D eigenvalue weighted by Gasteiger charge is 2.31. The maximum Gasteiger partial charge on any atom is 0.171 e. The summed E-state index contributed by atoms with van der Waals surface area (Å²) in [6.07, 6.45) is 5.34. The van der Waals surface area contributed by atoms with Crippen LogP contribution >= 0.6 is 23.5 Å². The highest BCUT2D eigenvalue weighted by molar-refractivity contribution is 8.01. The Morgan fingerprint density at radius 2 is 1.84 bits per heavy atom. The van der Waals surface area contributed by atoms with E-state index in [1.165, 1.54) is 35.7 Å². The van der Waals surface area contributed by atoms with Crippen LogP contribution in [0.4, 0.5) is 4.39 Å². The molecule has 0 unspecified atom stereocenters. The van der Waals surface area contributed by atoms with Gasteiger partial charge in [-0.3, -0.25) is 9.59 Å². The third kappa shape index (κ3) is 3.20. The minimum Gasteiger partial charge on any atom is -0.299 e. The van der Waals surface area contributed by atoms with Gasteiger partial charge in [-0.25, -0.2) is 4.39 Å². The number of hydrogen-bond donors (Lipinski definition) is 0. The number of hydrogen-bond acceptors (Lipinski definition) is 4. The van der Waals surface area contributed by atoms with Crippen LogP contribution in [-0.2, 0) is 4.79 Å². The van der Waals surface area contributed by atoms with Crippen molar-refractivity contribution in [2.24, 2.45) is 5.92 Å². The van der Waals surface area contributed by atoms with E-state index in [9.17, 15) is 14.0 Å². The van der Waals surface area contributed by atoms with Crippen molar-refractivity contribution < 1.29 is 14.0 Å². The van der Waals surface area contributed by atoms with Crippen LogP contribution in [0.25, 0.3) is 0 Å². The number of ketones is 2. The lowest BCUT2D eigenvalue weighted by Crippen LogP contribution is -2.11. The molecule has 0 aliphatic heterocycles. The highest BCUT2D eigenvalue weighted by Crippen LogP contribution is 2.35. The third-order valence-electron chi connectivity index (χ3n) is 3.14. The lowest BCUT2D eigenvalue weighted by atomic mass is 10.0. The molecule has 0 radical (unpaired) electrons. The van der Waals surface area contributed by atoms with Crippen LogP contribution in [0.2, 0.25) is 0 Å². The maximum absolute atomic E-state index is 13.7. The number of rotatable bonds is 6. The standard InChI is InChI=1S/C14H15FO2S2/c1-18-13-9(5-6-10(15)14(13)19-2)12(17)7-11(16)8-3-4-8/h5-6,8H,3-4,7H2,1-2H3. The van der Waals surface area contributed by atoms with Gasteiger partial charge in [-0.2, -0.15) is 0 Å². The van der Waals surface area contributed by atoms with Gasteiger partial charge in [-0.15, -0.1) is 23.5 Å². The van der Waals surface area contributed by atoms with Crippen molar-refractivity contribution in [3.63, 3.8) is 0 Å². The van der Waals surface area contributed by atoms with Crippen LogP contribution in [0.3, 0.4) is 0 Å². The second kappa shape index (κ2) is 6.09. The van der Waals surface area contributed by atoms with Crippen LogP contribution in [-0.4, -0.2) is 24.1 Å². The highest BCUT2D eigenvalue weighted by atomic mass is 32.2. The van der Waals surface area contributed by atoms with Crippen LogP contribution < -0.4 is 0 Å². The van der Waals surface area contributed by atoms with Gasteiger partial charge in [-0.05, 0) is 37.5 Å². The number of carbonyl (C=O) groups excluding carboxylic acids is 2. The first-order valence-electron chi connectivity index (χ1n) is 6.04. The monoisotopic (exact) mass is 298 g/mol. The van der Waals surface area contributed by atoms with E-state index in [1.807, 2.05) is 6.26 Å². The number of carbonyl (C=O) groups is 2. The molecule has 5 heteroatoms. The molecule has 1 aromatic rings. The fourth-order valence-corrected chi connectivity index (χ4v) is 3.70. The Kier molecular flexibility index (Phi) is 4.68. The normalized spacial score (nSPS) is 14.5. The van der Waals surface area contributed by atoms with Gasteiger partial charge in [0.25, 0.3) is 0 Å². The molecule has 0 saturated heterocycles. The second-order valence-corrected chi connectivity index (χ2v) is 6.13. The Balaban J connectivity index is 2.27. The van der Waals surface area contributed by atoms with E-state index in [4.69, 9.17) is 0 Å². The third-order valence-corrected chi connectivity index (χ3v) is 4.91. The molecule has 1 aliphatic rings. The average molecular weight is 298 g/mol. The zero-order chi connectivity index (χ0) is 14.0. The zero-order valence-electron chi connectivity index (χ0n) is 10.9. The summed E-state index contributed by atoms with van der Waals surface area (Å²) >= 11 is 2.63. The van der Waals surface area contributed by atoms with E-state index in [2.05, 4.69) is 0 Å². The number of Topliss-reactive ketones (excluding diaryl/α,β-unsaturated/α-hetero) is 2. The molecule has 2 nitrogen and oxygen atoms in total. The summed E-state index contributed by atoms with van der Waals surface area (Å²) in [4.78, 5) is 25.0. The van der Waals surface area contributed by atoms with E-state index >= 15 is 0 Å². The van der Waals surface area contributed by atoms with Crippen molar-refractivity contribution in [1.82, 2.24) is 0 Å². The molecule has 1 saturated carbocycles. The molecule has 1 aromatic carbocycles. The molecular weight excluding hydrogens is 283 g/mol. The predicted molar refractivity (Wildman–Crippen MR) is 76.6 cm³/mol. The largest absolute Gasteiger partial charge is 0.299 e. The van der Waals surface area contributed by atoms with Crippen LogP contribution in [0, 0.1) is 11.7 Å². The topological polar surface area (TPSA) is 34.1 Å². The van der Waals surface area contributed by atoms with Gasteiger partial charge in [0.2, 0.25) is 0 Å². The van der Waals surface area contributed by atoms with E-state index in [-0.39, 0.29) is 29.7 Å². The van der Waals surface area contributed by atoms with Crippen molar-refractivity contribution in [3.05, 3.63) is 23.5 Å². The Labute approximate surface area is 120 Å². The SMILES string of the molecule is CSc1c(F)ccc(C(=O)CC(=O)C2CC2)c1SC. The number of benzene rings is 1. The first-order chi connectivity index (χ1) is 9.08. The number of thioether (sulfide) groups is 2. The quantitative estimate of drug-likeness (QED) is 0.454. The van der Waals surface area contributed by atoms with Gasteiger partial charge in [0, 0.05) is 16.4 Å². The van der Waals surface area contributed by atoms with Gasteiger partial charge >= 0.3 is 0 Å². The molecule has 0 atom stereocenters. The molecule has 0 heterocycles. The van der Waals surface area contributed by atoms with Gasteiger partial charge in [0.05, 0.1) is 11.3 Å². The van der Waals surface area contributed by atoms with Crippen LogP contribution in [0.5, 0.6) is 0 Å². The fourth-order valence-electron chi connectivity index (χ4n) is 1.95. The predicted octanol–water partition coefficient (Wildman–Crippen LogP) is 3.82. The summed E-state index contributed by atoms with van der Waals surface area (Å²) < 4.78 is 13.7. The molecule has 1 aliphatic carbocycles. The summed E-state index contributed by atoms with van der Waals surface area (Å²) in [6.45, 7) is 0. The second-order valence-electron chi connectivity index (χ2n) is 4.50. The van der Waals surface area contributed by atoms with Crippen molar-refractivity contribution >= 4 is 35.1 Å². The Bertz CT molecular complexity index is 524. The fraction of sp³-hybridized carbons (Fsp3) is 0.429. The Hall–Kier alpha value is -0.810. The molecule has 1 fully saturated rings. The molecule has 0 spiro atoms. The summed E-state index contributed by atoms with van der Waals surface area (Å²) in [5, 5.41) is 0. The molecule has 2 rings (SSSR count). The first-order valence-corrected chi connectivity index (χ1v) is 8.49. The van der Waals surface area contributed by atoms with E-state index in [1.54, 1.807) is 6.26 Å². The Morgan fingerprint density at radius 3 is 2.37 bits per heavy atom. The first kappa shape index (κ1) is 14.6. The smallest absolute Gasteiger partial charge is 0.171 e. The van der Waals surface area contributed by atoms with Gasteiger partial charge < -0.3 is 0 Å². The van der Waals surface area contributed by atoms with Crippen LogP contribution in [0.15, 0.2) is 21.9 Å². The van der Waals surface area contributed by atoms with E-state index in [0.717, 1.165) is 12.8 Å². The Morgan fingerprint density at radius 1 is 1.21 bits per heavy atom. The van der Waals surface area contributed by atoms with Crippen molar-refractivity contribution in [3.8, 4) is 0 Å². The summed E-state index contributed by atoms with van der Waals surface area (Å²) in [7, 11) is 0. The van der Waals surface area contributed by atoms with Crippen molar-refractivity contribution in [2.45, 2.75) is 29.1 Å². The minimum absolute atomic E-state index is 0.0204. The molecule has 0 amide bonds. The molecule has 0 N–H and O–H groups in total. The molecular formula is C14H15FO2S2. The minimum atomic E-state index is -0.318. The zero-order valence-corrected chi connectivity index (χ0v) is 12.5. The van der Waals surface area contributed by atoms with Crippen molar-refractivity contribution in [1.29, 1.82) is 0 Å². The van der Waals surface area contributed by atoms with E-state index in [0.29, 0.717) is 15.4 Å². The van der Waals surface area contributed by atoms with Gasteiger partial charge in [0.1, 0.15) is 11.6 Å². The average Bonchev–Trinajstić information content (AvgIpc) is 3.22. The summed E-state index contributed by atoms with van der Waals surface area (Å²) in [5.41, 5.74) is 0.465. The van der Waals surface area contributed by atoms with Gasteiger partial charge in [-0.1, -0.05) is 0 Å². The summed E-state index contributed by atoms with van der Waals surface area (Å²) in [5.74, 6) is -0.410. The molecule has 0 bridgehead atoms. The van der Waals surface area contributed by atoms with Gasteiger partial charge in [0.15, 0.2) is 5.78 Å². The van der Waals surface area contributed by atoms with Crippen LogP contribution in [0.1, 0.15) is 29.6 Å². The molecule has 0 aromatic heterocycles. The lowest BCUT2D eigenvalue weighted by Gasteiger charge is -2.11. The number of halogens is 1. The summed E-state index contributed by atoms with van der Waals surface area (Å²) in [6, 6.07) is 2.80. The molecule has 102 valence electrons. The molecule has 19 heavy (non-hydrogen) atoms. The maximum atomic E-state index is 13.7. The lowest BCUT2D eigenvalue weighted by molar-refractivity contribution is -0.119.